The van der Waals surface area contributed by atoms with Gasteiger partial charge < -0.3 is 4.90 Å². The van der Waals surface area contributed by atoms with Crippen molar-refractivity contribution in [3.05, 3.63) is 16.9 Å². The molecule has 0 amide bonds. The first-order valence-corrected chi connectivity index (χ1v) is 9.40. The Kier molecular flexibility index (Phi) is 4.28. The molecule has 0 radical (unpaired) electrons. The van der Waals surface area contributed by atoms with E-state index in [1.165, 1.54) is 0 Å². The molecule has 3 rings (SSSR count). The first-order chi connectivity index (χ1) is 10.8. The Morgan fingerprint density at radius 2 is 2.26 bits per heavy atom. The van der Waals surface area contributed by atoms with Crippen LogP contribution in [0.15, 0.2) is 6.07 Å². The molecule has 0 spiro atoms. The maximum absolute atomic E-state index is 11.6. The van der Waals surface area contributed by atoms with E-state index in [1.807, 2.05) is 11.9 Å². The van der Waals surface area contributed by atoms with Crippen molar-refractivity contribution in [1.29, 1.82) is 0 Å². The molecule has 1 unspecified atom stereocenters. The highest BCUT2D eigenvalue weighted by atomic mass is 35.5. The van der Waals surface area contributed by atoms with Gasteiger partial charge in [-0.2, -0.15) is 5.10 Å². The van der Waals surface area contributed by atoms with Crippen LogP contribution in [-0.2, 0) is 23.4 Å². The molecule has 0 N–H and O–H groups in total. The van der Waals surface area contributed by atoms with Crippen LogP contribution in [-0.4, -0.2) is 63.5 Å². The van der Waals surface area contributed by atoms with Gasteiger partial charge in [0.2, 0.25) is 5.95 Å². The number of nitrogens with zero attached hydrogens (tertiary/aromatic N) is 7. The minimum atomic E-state index is -2.88. The predicted molar refractivity (Wildman–Crippen MR) is 85.2 cm³/mol. The summed E-state index contributed by atoms with van der Waals surface area (Å²) in [5, 5.41) is 16.5. The first-order valence-electron chi connectivity index (χ1n) is 7.20. The van der Waals surface area contributed by atoms with Crippen LogP contribution in [0.5, 0.6) is 0 Å². The lowest BCUT2D eigenvalue weighted by atomic mass is 10.1. The quantitative estimate of drug-likeness (QED) is 0.739. The zero-order valence-corrected chi connectivity index (χ0v) is 14.5. The number of hydrogen-bond donors (Lipinski definition) is 0. The molecule has 2 aromatic heterocycles. The standard InChI is InChI=1S/C12H18ClN7O2S/c1-18(6-9-3-4-23(21,22)8-9)12-14-16-17-20(12)7-10-5-11(13)19(2)15-10/h5,9H,3-4,6-8H2,1-2H3. The van der Waals surface area contributed by atoms with Crippen LogP contribution < -0.4 is 4.90 Å². The number of tetrazole rings is 1. The largest absolute Gasteiger partial charge is 0.342 e. The molecule has 0 saturated carbocycles. The van der Waals surface area contributed by atoms with Crippen molar-refractivity contribution >= 4 is 27.4 Å². The molecular weight excluding hydrogens is 342 g/mol. The van der Waals surface area contributed by atoms with Crippen LogP contribution in [0.25, 0.3) is 0 Å². The van der Waals surface area contributed by atoms with Crippen LogP contribution in [0.1, 0.15) is 12.1 Å². The average Bonchev–Trinajstić information content (AvgIpc) is 3.12. The Bertz CT molecular complexity index is 781. The Hall–Kier alpha value is -1.68. The molecule has 2 aromatic rings. The summed E-state index contributed by atoms with van der Waals surface area (Å²) in [5.41, 5.74) is 0.753. The lowest BCUT2D eigenvalue weighted by molar-refractivity contribution is 0.563. The number of halogens is 1. The molecule has 23 heavy (non-hydrogen) atoms. The number of anilines is 1. The normalized spacial score (nSPS) is 20.0. The number of sulfone groups is 1. The average molecular weight is 360 g/mol. The highest BCUT2D eigenvalue weighted by Gasteiger charge is 2.29. The van der Waals surface area contributed by atoms with Gasteiger partial charge in [-0.05, 0) is 22.8 Å². The minimum absolute atomic E-state index is 0.111. The molecule has 1 fully saturated rings. The van der Waals surface area contributed by atoms with Gasteiger partial charge in [0.1, 0.15) is 5.15 Å². The third kappa shape index (κ3) is 3.63. The van der Waals surface area contributed by atoms with Crippen LogP contribution in [0.3, 0.4) is 0 Å². The topological polar surface area (TPSA) is 98.8 Å². The maximum Gasteiger partial charge on any atom is 0.245 e. The van der Waals surface area contributed by atoms with E-state index in [0.29, 0.717) is 30.6 Å². The smallest absolute Gasteiger partial charge is 0.245 e. The summed E-state index contributed by atoms with van der Waals surface area (Å²) in [6, 6.07) is 1.76. The van der Waals surface area contributed by atoms with Crippen LogP contribution >= 0.6 is 11.6 Å². The van der Waals surface area contributed by atoms with Crippen molar-refractivity contribution in [2.24, 2.45) is 13.0 Å². The summed E-state index contributed by atoms with van der Waals surface area (Å²) in [5.74, 6) is 1.19. The summed E-state index contributed by atoms with van der Waals surface area (Å²) >= 11 is 5.98. The summed E-state index contributed by atoms with van der Waals surface area (Å²) in [7, 11) is 0.739. The summed E-state index contributed by atoms with van der Waals surface area (Å²) < 4.78 is 26.3. The molecule has 9 nitrogen and oxygen atoms in total. The Morgan fingerprint density at radius 3 is 2.87 bits per heavy atom. The Labute approximate surface area is 139 Å². The van der Waals surface area contributed by atoms with Gasteiger partial charge in [-0.3, -0.25) is 4.68 Å². The molecule has 0 bridgehead atoms. The minimum Gasteiger partial charge on any atom is -0.342 e. The van der Waals surface area contributed by atoms with Gasteiger partial charge in [-0.25, -0.2) is 13.1 Å². The number of hydrogen-bond acceptors (Lipinski definition) is 7. The van der Waals surface area contributed by atoms with E-state index in [9.17, 15) is 8.42 Å². The van der Waals surface area contributed by atoms with Gasteiger partial charge >= 0.3 is 0 Å². The van der Waals surface area contributed by atoms with E-state index >= 15 is 0 Å². The van der Waals surface area contributed by atoms with Crippen LogP contribution in [0.4, 0.5) is 5.95 Å². The van der Waals surface area contributed by atoms with E-state index in [1.54, 1.807) is 22.5 Å². The second kappa shape index (κ2) is 6.08. The van der Waals surface area contributed by atoms with Gasteiger partial charge in [0.05, 0.1) is 23.7 Å². The zero-order valence-electron chi connectivity index (χ0n) is 12.9. The number of aromatic nitrogens is 6. The highest BCUT2D eigenvalue weighted by Crippen LogP contribution is 2.21. The molecular formula is C12H18ClN7O2S. The van der Waals surface area contributed by atoms with Crippen molar-refractivity contribution < 1.29 is 8.42 Å². The van der Waals surface area contributed by atoms with E-state index < -0.39 is 9.84 Å². The van der Waals surface area contributed by atoms with Gasteiger partial charge in [-0.15, -0.1) is 0 Å². The first kappa shape index (κ1) is 16.2. The maximum atomic E-state index is 11.6. The molecule has 11 heteroatoms. The van der Waals surface area contributed by atoms with E-state index in [-0.39, 0.29) is 17.4 Å². The monoisotopic (exact) mass is 359 g/mol. The Balaban J connectivity index is 1.70. The van der Waals surface area contributed by atoms with Gasteiger partial charge in [0, 0.05) is 26.7 Å². The Morgan fingerprint density at radius 1 is 1.48 bits per heavy atom. The van der Waals surface area contributed by atoms with E-state index in [4.69, 9.17) is 11.6 Å². The highest BCUT2D eigenvalue weighted by molar-refractivity contribution is 7.91. The van der Waals surface area contributed by atoms with Gasteiger partial charge in [0.25, 0.3) is 0 Å². The SMILES string of the molecule is CN(CC1CCS(=O)(=O)C1)c1nnnn1Cc1cc(Cl)n(C)n1. The second-order valence-electron chi connectivity index (χ2n) is 5.87. The zero-order chi connectivity index (χ0) is 16.6. The van der Waals surface area contributed by atoms with Crippen molar-refractivity contribution in [3.63, 3.8) is 0 Å². The van der Waals surface area contributed by atoms with Gasteiger partial charge in [-0.1, -0.05) is 16.7 Å². The third-order valence-electron chi connectivity index (χ3n) is 3.90. The number of aryl methyl sites for hydroxylation is 1. The van der Waals surface area contributed by atoms with Crippen LogP contribution in [0, 0.1) is 5.92 Å². The summed E-state index contributed by atoms with van der Waals surface area (Å²) in [4.78, 5) is 1.88. The fraction of sp³-hybridized carbons (Fsp3) is 0.667. The lowest BCUT2D eigenvalue weighted by Gasteiger charge is -2.20. The molecule has 126 valence electrons. The van der Waals surface area contributed by atoms with E-state index in [2.05, 4.69) is 20.6 Å². The molecule has 1 aliphatic rings. The fourth-order valence-electron chi connectivity index (χ4n) is 2.79. The molecule has 1 saturated heterocycles. The molecule has 0 aromatic carbocycles. The molecule has 3 heterocycles. The molecule has 0 aliphatic carbocycles. The molecule has 1 atom stereocenters. The van der Waals surface area contributed by atoms with E-state index in [0.717, 1.165) is 5.69 Å². The van der Waals surface area contributed by atoms with Gasteiger partial charge in [0.15, 0.2) is 9.84 Å². The summed E-state index contributed by atoms with van der Waals surface area (Å²) in [6.07, 6.45) is 0.685. The predicted octanol–water partition coefficient (Wildman–Crippen LogP) is -0.0208. The lowest BCUT2D eigenvalue weighted by Crippen LogP contribution is -2.29. The van der Waals surface area contributed by atoms with Crippen molar-refractivity contribution in [2.45, 2.75) is 13.0 Å². The summed E-state index contributed by atoms with van der Waals surface area (Å²) in [6.45, 7) is 0.999. The van der Waals surface area contributed by atoms with Crippen molar-refractivity contribution in [1.82, 2.24) is 30.0 Å². The third-order valence-corrected chi connectivity index (χ3v) is 6.09. The molecule has 1 aliphatic heterocycles. The number of rotatable bonds is 5. The second-order valence-corrected chi connectivity index (χ2v) is 8.48. The van der Waals surface area contributed by atoms with Crippen molar-refractivity contribution in [2.75, 3.05) is 30.0 Å². The van der Waals surface area contributed by atoms with Crippen molar-refractivity contribution in [3.8, 4) is 0 Å². The fourth-order valence-corrected chi connectivity index (χ4v) is 4.80. The van der Waals surface area contributed by atoms with Crippen LogP contribution in [0.2, 0.25) is 5.15 Å².